The van der Waals surface area contributed by atoms with E-state index in [0.717, 1.165) is 0 Å². The molecule has 0 amide bonds. The largest absolute Gasteiger partial charge is 1.00 e. The average Bonchev–Trinajstić information content (AvgIpc) is 2.29. The summed E-state index contributed by atoms with van der Waals surface area (Å²) >= 11 is 4.98. The van der Waals surface area contributed by atoms with Crippen LogP contribution in [0.1, 0.15) is 0 Å². The number of nitro benzene ring substituents is 1. The Morgan fingerprint density at radius 3 is 2.06 bits per heavy atom. The van der Waals surface area contributed by atoms with Crippen molar-refractivity contribution in [1.82, 2.24) is 0 Å². The summed E-state index contributed by atoms with van der Waals surface area (Å²) in [5.41, 5.74) is -0.0181. The van der Waals surface area contributed by atoms with Gasteiger partial charge in [-0.3, -0.25) is 10.1 Å². The van der Waals surface area contributed by atoms with Crippen LogP contribution < -0.4 is 34.1 Å². The van der Waals surface area contributed by atoms with Crippen molar-refractivity contribution in [2.45, 2.75) is 0 Å². The molecule has 17 heavy (non-hydrogen) atoms. The Kier molecular flexibility index (Phi) is 7.43. The number of nitrogens with zero attached hydrogens (tertiary/aromatic N) is 1. The molecule has 0 aliphatic heterocycles. The fourth-order valence-corrected chi connectivity index (χ4v) is 1.84. The molecule has 0 aliphatic carbocycles. The summed E-state index contributed by atoms with van der Waals surface area (Å²) in [6.45, 7) is -2.78. The maximum atomic E-state index is 10.4. The Morgan fingerprint density at radius 1 is 1.24 bits per heavy atom. The molecule has 0 radical (unpaired) electrons. The van der Waals surface area contributed by atoms with E-state index < -0.39 is 11.6 Å². The molecule has 0 N–H and O–H groups in total. The fraction of sp³-hybridized carbons (Fsp3) is 0.250. The first-order chi connectivity index (χ1) is 7.50. The molecular weight excluding hydrogens is 276 g/mol. The maximum Gasteiger partial charge on any atom is 1.00 e. The van der Waals surface area contributed by atoms with Gasteiger partial charge in [0.1, 0.15) is 5.75 Å². The second-order valence-corrected chi connectivity index (χ2v) is 5.80. The molecule has 9 heteroatoms. The van der Waals surface area contributed by atoms with E-state index in [4.69, 9.17) is 25.4 Å². The molecule has 0 bridgehead atoms. The molecule has 0 spiro atoms. The Bertz CT molecular complexity index is 418. The number of nitro groups is 1. The molecule has 0 heterocycles. The molecule has 1 aromatic rings. The summed E-state index contributed by atoms with van der Waals surface area (Å²) in [6, 6.07) is 5.52. The standard InChI is InChI=1S/C8H10NO5PS.Na/c1-12-15(16,13-2)14-8-5-3-7(4-6-8)9(10)11;/h3-6H,1-2H3;/q;+1. The van der Waals surface area contributed by atoms with Gasteiger partial charge in [0.25, 0.3) is 5.69 Å². The first-order valence-electron chi connectivity index (χ1n) is 4.16. The third-order valence-electron chi connectivity index (χ3n) is 1.71. The molecule has 0 unspecified atom stereocenters. The van der Waals surface area contributed by atoms with Crippen molar-refractivity contribution >= 4 is 24.2 Å². The monoisotopic (exact) mass is 286 g/mol. The van der Waals surface area contributed by atoms with Gasteiger partial charge >= 0.3 is 36.3 Å². The summed E-state index contributed by atoms with van der Waals surface area (Å²) in [7, 11) is 2.77. The molecule has 1 rings (SSSR count). The Balaban J connectivity index is 0.00000256. The summed E-state index contributed by atoms with van der Waals surface area (Å²) in [5, 5.41) is 10.4. The normalized spacial score (nSPS) is 10.5. The summed E-state index contributed by atoms with van der Waals surface area (Å²) < 4.78 is 15.1. The Labute approximate surface area is 126 Å². The Morgan fingerprint density at radius 2 is 1.71 bits per heavy atom. The van der Waals surface area contributed by atoms with Crippen molar-refractivity contribution in [1.29, 1.82) is 0 Å². The van der Waals surface area contributed by atoms with Gasteiger partial charge in [0.2, 0.25) is 0 Å². The molecule has 6 nitrogen and oxygen atoms in total. The quantitative estimate of drug-likeness (QED) is 0.314. The van der Waals surface area contributed by atoms with Crippen LogP contribution in [-0.2, 0) is 20.9 Å². The Hall–Kier alpha value is -0.0100. The van der Waals surface area contributed by atoms with E-state index in [-0.39, 0.29) is 35.2 Å². The van der Waals surface area contributed by atoms with E-state index >= 15 is 0 Å². The zero-order chi connectivity index (χ0) is 12.2. The predicted molar refractivity (Wildman–Crippen MR) is 62.0 cm³/mol. The van der Waals surface area contributed by atoms with Crippen LogP contribution in [0.4, 0.5) is 5.69 Å². The summed E-state index contributed by atoms with van der Waals surface area (Å²) in [5.74, 6) is 0.373. The van der Waals surface area contributed by atoms with Gasteiger partial charge in [-0.05, 0) is 12.1 Å². The second-order valence-electron chi connectivity index (χ2n) is 2.65. The van der Waals surface area contributed by atoms with Crippen LogP contribution in [0.2, 0.25) is 0 Å². The van der Waals surface area contributed by atoms with Crippen LogP contribution in [0.3, 0.4) is 0 Å². The SMILES string of the molecule is COP(=S)(OC)Oc1ccc([N+](=O)[O-])cc1.[Na+]. The van der Waals surface area contributed by atoms with Gasteiger partial charge in [-0.1, -0.05) is 0 Å². The predicted octanol–water partition coefficient (Wildman–Crippen LogP) is -0.505. The first-order valence-corrected chi connectivity index (χ1v) is 6.72. The van der Waals surface area contributed by atoms with Crippen molar-refractivity contribution in [3.8, 4) is 5.75 Å². The minimum absolute atomic E-state index is 0. The van der Waals surface area contributed by atoms with Crippen molar-refractivity contribution < 1.29 is 48.1 Å². The van der Waals surface area contributed by atoms with Crippen LogP contribution in [0.5, 0.6) is 5.75 Å². The second kappa shape index (κ2) is 7.43. The average molecular weight is 286 g/mol. The maximum absolute atomic E-state index is 10.4. The van der Waals surface area contributed by atoms with Crippen molar-refractivity contribution in [3.63, 3.8) is 0 Å². The smallest absolute Gasteiger partial charge is 0.424 e. The van der Waals surface area contributed by atoms with Gasteiger partial charge in [-0.15, -0.1) is 0 Å². The van der Waals surface area contributed by atoms with Crippen LogP contribution in [0.25, 0.3) is 0 Å². The number of hydrogen-bond donors (Lipinski definition) is 0. The number of hydrogen-bond acceptors (Lipinski definition) is 6. The molecule has 0 fully saturated rings. The zero-order valence-corrected chi connectivity index (χ0v) is 13.4. The van der Waals surface area contributed by atoms with Crippen molar-refractivity contribution in [3.05, 3.63) is 34.4 Å². The van der Waals surface area contributed by atoms with E-state index in [1.807, 2.05) is 0 Å². The van der Waals surface area contributed by atoms with Crippen LogP contribution in [0.15, 0.2) is 24.3 Å². The summed E-state index contributed by atoms with van der Waals surface area (Å²) in [4.78, 5) is 9.92. The van der Waals surface area contributed by atoms with Gasteiger partial charge in [-0.25, -0.2) is 0 Å². The molecule has 88 valence electrons. The van der Waals surface area contributed by atoms with Gasteiger partial charge < -0.3 is 13.6 Å². The summed E-state index contributed by atoms with van der Waals surface area (Å²) in [6.07, 6.45) is 0. The van der Waals surface area contributed by atoms with E-state index in [1.54, 1.807) is 0 Å². The first kappa shape index (κ1) is 17.0. The van der Waals surface area contributed by atoms with Crippen LogP contribution >= 0.6 is 6.72 Å². The molecular formula is C8H10NNaO5PS+. The minimum Gasteiger partial charge on any atom is -0.424 e. The third-order valence-corrected chi connectivity index (χ3v) is 4.16. The molecule has 0 aliphatic rings. The number of non-ortho nitro benzene ring substituents is 1. The molecule has 0 saturated carbocycles. The van der Waals surface area contributed by atoms with Crippen molar-refractivity contribution in [2.75, 3.05) is 14.2 Å². The van der Waals surface area contributed by atoms with Gasteiger partial charge in [-0.2, -0.15) is 0 Å². The van der Waals surface area contributed by atoms with E-state index in [9.17, 15) is 10.1 Å². The van der Waals surface area contributed by atoms with Gasteiger partial charge in [0, 0.05) is 38.2 Å². The van der Waals surface area contributed by atoms with Gasteiger partial charge in [0.15, 0.2) is 0 Å². The van der Waals surface area contributed by atoms with Crippen LogP contribution in [0, 0.1) is 10.1 Å². The molecule has 1 aromatic carbocycles. The van der Waals surface area contributed by atoms with E-state index in [1.165, 1.54) is 38.5 Å². The van der Waals surface area contributed by atoms with E-state index in [0.29, 0.717) is 5.75 Å². The molecule has 0 atom stereocenters. The van der Waals surface area contributed by atoms with Crippen molar-refractivity contribution in [2.24, 2.45) is 0 Å². The van der Waals surface area contributed by atoms with Gasteiger partial charge in [0.05, 0.1) is 4.92 Å². The van der Waals surface area contributed by atoms with E-state index in [2.05, 4.69) is 0 Å². The molecule has 0 saturated heterocycles. The topological polar surface area (TPSA) is 70.8 Å². The third kappa shape index (κ3) is 5.01. The fourth-order valence-electron chi connectivity index (χ4n) is 0.907. The number of rotatable bonds is 5. The van der Waals surface area contributed by atoms with Crippen LogP contribution in [-0.4, -0.2) is 19.1 Å². The zero-order valence-electron chi connectivity index (χ0n) is 9.65. The number of benzene rings is 1. The molecule has 0 aromatic heterocycles. The minimum atomic E-state index is -2.78.